The van der Waals surface area contributed by atoms with Crippen molar-refractivity contribution in [1.82, 2.24) is 0 Å². The first kappa shape index (κ1) is 9.05. The minimum absolute atomic E-state index is 0.815. The van der Waals surface area contributed by atoms with E-state index in [9.17, 15) is 0 Å². The maximum absolute atomic E-state index is 2.34. The van der Waals surface area contributed by atoms with E-state index < -0.39 is 0 Å². The minimum Gasteiger partial charge on any atom is -0.0645 e. The standard InChI is InChI=1S/C13H20/c1-4-11-9(2)10(3)12-7-5-6-8-13(11)12/h11H,4-8H2,1-3H3. The van der Waals surface area contributed by atoms with Gasteiger partial charge in [-0.2, -0.15) is 0 Å². The quantitative estimate of drug-likeness (QED) is 0.560. The Bertz CT molecular complexity index is 278. The highest BCUT2D eigenvalue weighted by Gasteiger charge is 2.28. The summed E-state index contributed by atoms with van der Waals surface area (Å²) in [7, 11) is 0. The van der Waals surface area contributed by atoms with Crippen LogP contribution in [0.2, 0.25) is 0 Å². The molecule has 0 N–H and O–H groups in total. The van der Waals surface area contributed by atoms with Crippen molar-refractivity contribution in [1.29, 1.82) is 0 Å². The molecule has 0 heterocycles. The molecule has 0 fully saturated rings. The Morgan fingerprint density at radius 3 is 2.54 bits per heavy atom. The first-order chi connectivity index (χ1) is 6.25. The topological polar surface area (TPSA) is 0 Å². The van der Waals surface area contributed by atoms with Crippen LogP contribution in [0.25, 0.3) is 0 Å². The van der Waals surface area contributed by atoms with Crippen LogP contribution in [0.4, 0.5) is 0 Å². The van der Waals surface area contributed by atoms with E-state index in [-0.39, 0.29) is 0 Å². The van der Waals surface area contributed by atoms with Crippen LogP contribution < -0.4 is 0 Å². The van der Waals surface area contributed by atoms with Gasteiger partial charge in [0.25, 0.3) is 0 Å². The highest BCUT2D eigenvalue weighted by molar-refractivity contribution is 5.48. The van der Waals surface area contributed by atoms with Gasteiger partial charge in [-0.3, -0.25) is 0 Å². The second kappa shape index (κ2) is 3.32. The summed E-state index contributed by atoms with van der Waals surface area (Å²) < 4.78 is 0. The van der Waals surface area contributed by atoms with Crippen LogP contribution in [-0.4, -0.2) is 0 Å². The van der Waals surface area contributed by atoms with E-state index in [1.54, 1.807) is 22.3 Å². The summed E-state index contributed by atoms with van der Waals surface area (Å²) in [6.07, 6.45) is 6.88. The summed E-state index contributed by atoms with van der Waals surface area (Å²) in [5.41, 5.74) is 6.82. The predicted octanol–water partition coefficient (Wildman–Crippen LogP) is 4.23. The largest absolute Gasteiger partial charge is 0.0645 e. The smallest absolute Gasteiger partial charge is 0.00133 e. The zero-order valence-electron chi connectivity index (χ0n) is 9.11. The highest BCUT2D eigenvalue weighted by atomic mass is 14.3. The molecule has 0 bridgehead atoms. The van der Waals surface area contributed by atoms with Gasteiger partial charge in [-0.05, 0) is 57.1 Å². The van der Waals surface area contributed by atoms with E-state index in [0.717, 1.165) is 5.92 Å². The van der Waals surface area contributed by atoms with Gasteiger partial charge in [-0.1, -0.05) is 18.1 Å². The summed E-state index contributed by atoms with van der Waals surface area (Å²) in [4.78, 5) is 0. The molecule has 0 nitrogen and oxygen atoms in total. The molecule has 0 spiro atoms. The molecule has 0 saturated carbocycles. The third-order valence-electron chi connectivity index (χ3n) is 3.91. The Kier molecular flexibility index (Phi) is 2.31. The van der Waals surface area contributed by atoms with Crippen LogP contribution in [0.3, 0.4) is 0 Å². The van der Waals surface area contributed by atoms with E-state index in [0.29, 0.717) is 0 Å². The van der Waals surface area contributed by atoms with Crippen LogP contribution >= 0.6 is 0 Å². The normalized spacial score (nSPS) is 28.4. The van der Waals surface area contributed by atoms with E-state index >= 15 is 0 Å². The van der Waals surface area contributed by atoms with Crippen molar-refractivity contribution in [3.63, 3.8) is 0 Å². The second-order valence-electron chi connectivity index (χ2n) is 4.48. The van der Waals surface area contributed by atoms with Crippen molar-refractivity contribution in [3.05, 3.63) is 22.3 Å². The zero-order chi connectivity index (χ0) is 9.42. The van der Waals surface area contributed by atoms with Gasteiger partial charge in [-0.15, -0.1) is 0 Å². The lowest BCUT2D eigenvalue weighted by Gasteiger charge is -2.20. The molecule has 0 aromatic heterocycles. The first-order valence-electron chi connectivity index (χ1n) is 5.65. The Balaban J connectivity index is 2.37. The van der Waals surface area contributed by atoms with E-state index in [1.807, 2.05) is 0 Å². The SMILES string of the molecule is CCC1C(C)=C(C)C2=C1CCCC2. The molecule has 0 radical (unpaired) electrons. The molecule has 2 rings (SSSR count). The molecule has 0 aromatic rings. The summed E-state index contributed by atoms with van der Waals surface area (Å²) >= 11 is 0. The maximum atomic E-state index is 2.34. The monoisotopic (exact) mass is 176 g/mol. The van der Waals surface area contributed by atoms with Crippen molar-refractivity contribution < 1.29 is 0 Å². The van der Waals surface area contributed by atoms with Crippen LogP contribution in [-0.2, 0) is 0 Å². The molecular formula is C13H20. The third-order valence-corrected chi connectivity index (χ3v) is 3.91. The average Bonchev–Trinajstić information content (AvgIpc) is 2.41. The van der Waals surface area contributed by atoms with Crippen molar-refractivity contribution in [2.45, 2.75) is 52.9 Å². The van der Waals surface area contributed by atoms with Crippen LogP contribution in [0.1, 0.15) is 52.9 Å². The molecule has 0 heteroatoms. The van der Waals surface area contributed by atoms with Crippen molar-refractivity contribution in [2.75, 3.05) is 0 Å². The molecule has 72 valence electrons. The van der Waals surface area contributed by atoms with Gasteiger partial charge in [0.05, 0.1) is 0 Å². The summed E-state index contributed by atoms with van der Waals surface area (Å²) in [6.45, 7) is 6.99. The summed E-state index contributed by atoms with van der Waals surface area (Å²) in [6, 6.07) is 0. The second-order valence-corrected chi connectivity index (χ2v) is 4.48. The van der Waals surface area contributed by atoms with Gasteiger partial charge in [-0.25, -0.2) is 0 Å². The predicted molar refractivity (Wildman–Crippen MR) is 57.6 cm³/mol. The van der Waals surface area contributed by atoms with E-state index in [4.69, 9.17) is 0 Å². The maximum Gasteiger partial charge on any atom is 0.00133 e. The fourth-order valence-corrected chi connectivity index (χ4v) is 3.05. The van der Waals surface area contributed by atoms with Gasteiger partial charge >= 0.3 is 0 Å². The van der Waals surface area contributed by atoms with Crippen LogP contribution in [0, 0.1) is 5.92 Å². The molecule has 13 heavy (non-hydrogen) atoms. The molecule has 0 amide bonds. The van der Waals surface area contributed by atoms with Gasteiger partial charge in [0, 0.05) is 5.92 Å². The molecule has 1 atom stereocenters. The number of hydrogen-bond acceptors (Lipinski definition) is 0. The number of rotatable bonds is 1. The van der Waals surface area contributed by atoms with Gasteiger partial charge in [0.2, 0.25) is 0 Å². The lowest BCUT2D eigenvalue weighted by atomic mass is 9.85. The Morgan fingerprint density at radius 2 is 1.85 bits per heavy atom. The third kappa shape index (κ3) is 1.27. The van der Waals surface area contributed by atoms with Gasteiger partial charge in [0.1, 0.15) is 0 Å². The fourth-order valence-electron chi connectivity index (χ4n) is 3.05. The number of allylic oxidation sites excluding steroid dienone is 4. The Morgan fingerprint density at radius 1 is 1.15 bits per heavy atom. The molecule has 0 aliphatic heterocycles. The van der Waals surface area contributed by atoms with Gasteiger partial charge < -0.3 is 0 Å². The Hall–Kier alpha value is -0.520. The molecule has 0 aromatic carbocycles. The first-order valence-corrected chi connectivity index (χ1v) is 5.65. The van der Waals surface area contributed by atoms with Crippen LogP contribution in [0.15, 0.2) is 22.3 Å². The minimum atomic E-state index is 0.815. The lowest BCUT2D eigenvalue weighted by Crippen LogP contribution is -2.04. The lowest BCUT2D eigenvalue weighted by molar-refractivity contribution is 0.599. The average molecular weight is 176 g/mol. The van der Waals surface area contributed by atoms with Crippen molar-refractivity contribution in [2.24, 2.45) is 5.92 Å². The summed E-state index contributed by atoms with van der Waals surface area (Å²) in [5, 5.41) is 0. The fraction of sp³-hybridized carbons (Fsp3) is 0.692. The molecule has 0 saturated heterocycles. The van der Waals surface area contributed by atoms with Crippen molar-refractivity contribution in [3.8, 4) is 0 Å². The van der Waals surface area contributed by atoms with E-state index in [1.165, 1.54) is 32.1 Å². The molecule has 1 unspecified atom stereocenters. The number of hydrogen-bond donors (Lipinski definition) is 0. The Labute approximate surface area is 81.7 Å². The van der Waals surface area contributed by atoms with Crippen molar-refractivity contribution >= 4 is 0 Å². The molecular weight excluding hydrogens is 156 g/mol. The zero-order valence-corrected chi connectivity index (χ0v) is 9.11. The molecule has 2 aliphatic rings. The highest BCUT2D eigenvalue weighted by Crippen LogP contribution is 2.45. The van der Waals surface area contributed by atoms with Gasteiger partial charge in [0.15, 0.2) is 0 Å². The van der Waals surface area contributed by atoms with E-state index in [2.05, 4.69) is 20.8 Å². The molecule has 2 aliphatic carbocycles. The van der Waals surface area contributed by atoms with Crippen LogP contribution in [0.5, 0.6) is 0 Å². The summed E-state index contributed by atoms with van der Waals surface area (Å²) in [5.74, 6) is 0.815.